The van der Waals surface area contributed by atoms with Crippen LogP contribution < -0.4 is 0 Å². The van der Waals surface area contributed by atoms with Crippen molar-refractivity contribution in [3.8, 4) is 0 Å². The molecule has 1 N–H and O–H groups in total. The summed E-state index contributed by atoms with van der Waals surface area (Å²) in [4.78, 5) is 7.43. The van der Waals surface area contributed by atoms with Crippen LogP contribution in [0.15, 0.2) is 36.8 Å². The number of aromatic nitrogens is 2. The second kappa shape index (κ2) is 2.99. The highest BCUT2D eigenvalue weighted by Gasteiger charge is 2.67. The standard InChI is InChI=1S/C14H14N2O/c1-17-13-10-5-3-2-4-9(10)11-6-14(11,13)12-7-15-8-16-12/h2-5,7-8,11,13H,6H2,1H3,(H,15,16)/t11-,13-,14-/m1/s1. The minimum atomic E-state index is 0.120. The number of nitrogens with zero attached hydrogens (tertiary/aromatic N) is 1. The molecule has 1 saturated carbocycles. The zero-order valence-electron chi connectivity index (χ0n) is 9.68. The van der Waals surface area contributed by atoms with E-state index in [-0.39, 0.29) is 11.5 Å². The van der Waals surface area contributed by atoms with Gasteiger partial charge in [0.15, 0.2) is 0 Å². The number of aromatic amines is 1. The first-order valence-electron chi connectivity index (χ1n) is 5.98. The molecule has 0 unspecified atom stereocenters. The highest BCUT2D eigenvalue weighted by Crippen LogP contribution is 2.72. The molecule has 2 aliphatic rings. The van der Waals surface area contributed by atoms with Gasteiger partial charge in [0.05, 0.1) is 12.4 Å². The average molecular weight is 226 g/mol. The molecule has 3 heteroatoms. The Kier molecular flexibility index (Phi) is 1.66. The summed E-state index contributed by atoms with van der Waals surface area (Å²) in [6.07, 6.45) is 5.04. The summed E-state index contributed by atoms with van der Waals surface area (Å²) in [5.41, 5.74) is 4.13. The van der Waals surface area contributed by atoms with Crippen molar-refractivity contribution in [3.05, 3.63) is 53.6 Å². The molecule has 86 valence electrons. The van der Waals surface area contributed by atoms with E-state index in [0.29, 0.717) is 5.92 Å². The van der Waals surface area contributed by atoms with Gasteiger partial charge in [-0.1, -0.05) is 24.3 Å². The fraction of sp³-hybridized carbons (Fsp3) is 0.357. The van der Waals surface area contributed by atoms with Crippen molar-refractivity contribution in [2.24, 2.45) is 0 Å². The SMILES string of the molecule is CO[C@@H]1c2ccccc2[C@H]2C[C@]21c1cnc[nH]1. The number of hydrogen-bond acceptors (Lipinski definition) is 2. The van der Waals surface area contributed by atoms with E-state index in [0.717, 1.165) is 0 Å². The molecule has 3 nitrogen and oxygen atoms in total. The van der Waals surface area contributed by atoms with Crippen LogP contribution in [0.25, 0.3) is 0 Å². The Morgan fingerprint density at radius 1 is 1.35 bits per heavy atom. The third kappa shape index (κ3) is 0.984. The summed E-state index contributed by atoms with van der Waals surface area (Å²) in [6.45, 7) is 0. The van der Waals surface area contributed by atoms with E-state index in [2.05, 4.69) is 34.2 Å². The number of methoxy groups -OCH3 is 1. The predicted molar refractivity (Wildman–Crippen MR) is 63.8 cm³/mol. The molecule has 17 heavy (non-hydrogen) atoms. The largest absolute Gasteiger partial charge is 0.376 e. The first-order chi connectivity index (χ1) is 8.38. The Morgan fingerprint density at radius 2 is 2.18 bits per heavy atom. The molecular formula is C14H14N2O. The van der Waals surface area contributed by atoms with E-state index in [1.165, 1.54) is 23.2 Å². The Bertz CT molecular complexity index is 563. The molecule has 0 aliphatic heterocycles. The van der Waals surface area contributed by atoms with Gasteiger partial charge in [0, 0.05) is 24.4 Å². The number of benzene rings is 1. The molecule has 0 radical (unpaired) electrons. The van der Waals surface area contributed by atoms with Crippen molar-refractivity contribution in [2.75, 3.05) is 7.11 Å². The van der Waals surface area contributed by atoms with Crippen LogP contribution in [0.1, 0.15) is 35.3 Å². The van der Waals surface area contributed by atoms with Crippen molar-refractivity contribution in [3.63, 3.8) is 0 Å². The third-order valence-electron chi connectivity index (χ3n) is 4.36. The predicted octanol–water partition coefficient (Wildman–Crippen LogP) is 2.54. The smallest absolute Gasteiger partial charge is 0.0941 e. The molecule has 0 spiro atoms. The molecule has 3 atom stereocenters. The minimum absolute atomic E-state index is 0.120. The van der Waals surface area contributed by atoms with Gasteiger partial charge in [-0.15, -0.1) is 0 Å². The number of nitrogens with one attached hydrogen (secondary N) is 1. The number of ether oxygens (including phenoxy) is 1. The third-order valence-corrected chi connectivity index (χ3v) is 4.36. The van der Waals surface area contributed by atoms with Gasteiger partial charge in [0.1, 0.15) is 0 Å². The zero-order valence-corrected chi connectivity index (χ0v) is 9.68. The van der Waals surface area contributed by atoms with E-state index in [4.69, 9.17) is 4.74 Å². The first-order valence-corrected chi connectivity index (χ1v) is 5.98. The lowest BCUT2D eigenvalue weighted by Crippen LogP contribution is -2.18. The maximum Gasteiger partial charge on any atom is 0.0941 e. The number of H-pyrrole nitrogens is 1. The van der Waals surface area contributed by atoms with E-state index < -0.39 is 0 Å². The van der Waals surface area contributed by atoms with Gasteiger partial charge < -0.3 is 9.72 Å². The van der Waals surface area contributed by atoms with Gasteiger partial charge in [-0.05, 0) is 23.5 Å². The number of imidazole rings is 1. The molecule has 2 aliphatic carbocycles. The normalized spacial score (nSPS) is 33.2. The molecule has 1 fully saturated rings. The zero-order chi connectivity index (χ0) is 11.5. The van der Waals surface area contributed by atoms with Crippen LogP contribution in [-0.2, 0) is 10.2 Å². The summed E-state index contributed by atoms with van der Waals surface area (Å²) in [5, 5.41) is 0. The Morgan fingerprint density at radius 3 is 2.88 bits per heavy atom. The monoisotopic (exact) mass is 226 g/mol. The van der Waals surface area contributed by atoms with Crippen molar-refractivity contribution in [1.29, 1.82) is 0 Å². The molecule has 0 amide bonds. The highest BCUT2D eigenvalue weighted by molar-refractivity contribution is 5.54. The minimum Gasteiger partial charge on any atom is -0.376 e. The summed E-state index contributed by atoms with van der Waals surface area (Å²) >= 11 is 0. The Hall–Kier alpha value is -1.61. The molecule has 0 saturated heterocycles. The van der Waals surface area contributed by atoms with E-state index >= 15 is 0 Å². The summed E-state index contributed by atoms with van der Waals surface area (Å²) in [6, 6.07) is 8.63. The van der Waals surface area contributed by atoms with Gasteiger partial charge in [-0.2, -0.15) is 0 Å². The summed E-state index contributed by atoms with van der Waals surface area (Å²) < 4.78 is 5.77. The molecule has 2 aromatic rings. The summed E-state index contributed by atoms with van der Waals surface area (Å²) in [7, 11) is 1.81. The van der Waals surface area contributed by atoms with Gasteiger partial charge in [0.2, 0.25) is 0 Å². The van der Waals surface area contributed by atoms with Gasteiger partial charge in [-0.25, -0.2) is 4.98 Å². The molecule has 0 bridgehead atoms. The van der Waals surface area contributed by atoms with Crippen LogP contribution in [0.3, 0.4) is 0 Å². The molecule has 1 aromatic carbocycles. The van der Waals surface area contributed by atoms with Crippen LogP contribution in [0, 0.1) is 0 Å². The van der Waals surface area contributed by atoms with E-state index in [1.54, 1.807) is 13.4 Å². The van der Waals surface area contributed by atoms with E-state index in [9.17, 15) is 0 Å². The highest BCUT2D eigenvalue weighted by atomic mass is 16.5. The van der Waals surface area contributed by atoms with Crippen LogP contribution in [-0.4, -0.2) is 17.1 Å². The van der Waals surface area contributed by atoms with Crippen LogP contribution in [0.2, 0.25) is 0 Å². The van der Waals surface area contributed by atoms with Gasteiger partial charge >= 0.3 is 0 Å². The molecule has 1 aromatic heterocycles. The van der Waals surface area contributed by atoms with Crippen molar-refractivity contribution in [1.82, 2.24) is 9.97 Å². The maximum atomic E-state index is 5.77. The molecule has 1 heterocycles. The lowest BCUT2D eigenvalue weighted by molar-refractivity contribution is 0.0731. The van der Waals surface area contributed by atoms with Gasteiger partial charge in [0.25, 0.3) is 0 Å². The Balaban J connectivity index is 1.89. The second-order valence-corrected chi connectivity index (χ2v) is 5.01. The van der Waals surface area contributed by atoms with Gasteiger partial charge in [-0.3, -0.25) is 0 Å². The number of rotatable bonds is 2. The van der Waals surface area contributed by atoms with Crippen molar-refractivity contribution in [2.45, 2.75) is 23.9 Å². The van der Waals surface area contributed by atoms with Crippen LogP contribution >= 0.6 is 0 Å². The van der Waals surface area contributed by atoms with Crippen LogP contribution in [0.4, 0.5) is 0 Å². The molecular weight excluding hydrogens is 212 g/mol. The lowest BCUT2D eigenvalue weighted by atomic mass is 9.94. The summed E-state index contributed by atoms with van der Waals surface area (Å²) in [5.74, 6) is 0.601. The fourth-order valence-corrected chi connectivity index (χ4v) is 3.59. The fourth-order valence-electron chi connectivity index (χ4n) is 3.59. The second-order valence-electron chi connectivity index (χ2n) is 5.01. The van der Waals surface area contributed by atoms with Crippen molar-refractivity contribution >= 4 is 0 Å². The lowest BCUT2D eigenvalue weighted by Gasteiger charge is -2.21. The number of hydrogen-bond donors (Lipinski definition) is 1. The first kappa shape index (κ1) is 9.42. The average Bonchev–Trinajstić information content (AvgIpc) is 2.78. The molecule has 4 rings (SSSR count). The topological polar surface area (TPSA) is 37.9 Å². The van der Waals surface area contributed by atoms with E-state index in [1.807, 2.05) is 6.20 Å². The maximum absolute atomic E-state index is 5.77. The van der Waals surface area contributed by atoms with Crippen LogP contribution in [0.5, 0.6) is 0 Å². The quantitative estimate of drug-likeness (QED) is 0.854. The number of fused-ring (bicyclic) bond motifs is 3. The Labute approximate surface area is 99.8 Å². The van der Waals surface area contributed by atoms with Crippen molar-refractivity contribution < 1.29 is 4.74 Å².